The molecule has 1 aromatic rings. The van der Waals surface area contributed by atoms with E-state index in [0.29, 0.717) is 24.2 Å². The summed E-state index contributed by atoms with van der Waals surface area (Å²) in [5.74, 6) is 0.0994. The fourth-order valence-corrected chi connectivity index (χ4v) is 3.85. The van der Waals surface area contributed by atoms with E-state index >= 15 is 0 Å². The maximum Gasteiger partial charge on any atom is 0.218 e. The molecular weight excluding hydrogens is 262 g/mol. The quantitative estimate of drug-likeness (QED) is 0.880. The second-order valence-corrected chi connectivity index (χ2v) is 7.00. The molecule has 0 bridgehead atoms. The molecule has 0 spiro atoms. The van der Waals surface area contributed by atoms with Crippen molar-refractivity contribution in [1.29, 1.82) is 5.26 Å². The number of nitriles is 1. The Labute approximate surface area is 113 Å². The SMILES string of the molecule is CC1CN(S(=O)(=O)Cc2cccc(C#N)c2)CC1N. The molecule has 0 aromatic heterocycles. The van der Waals surface area contributed by atoms with Gasteiger partial charge in [0.25, 0.3) is 0 Å². The predicted molar refractivity (Wildman–Crippen MR) is 72.5 cm³/mol. The van der Waals surface area contributed by atoms with Crippen molar-refractivity contribution in [3.05, 3.63) is 35.4 Å². The average Bonchev–Trinajstić information content (AvgIpc) is 2.70. The highest BCUT2D eigenvalue weighted by atomic mass is 32.2. The Bertz CT molecular complexity index is 597. The van der Waals surface area contributed by atoms with Gasteiger partial charge >= 0.3 is 0 Å². The smallest absolute Gasteiger partial charge is 0.218 e. The van der Waals surface area contributed by atoms with Crippen LogP contribution in [0.1, 0.15) is 18.1 Å². The lowest BCUT2D eigenvalue weighted by Crippen LogP contribution is -2.33. The number of hydrogen-bond donors (Lipinski definition) is 1. The van der Waals surface area contributed by atoms with Crippen LogP contribution >= 0.6 is 0 Å². The van der Waals surface area contributed by atoms with Gasteiger partial charge < -0.3 is 5.73 Å². The van der Waals surface area contributed by atoms with E-state index in [4.69, 9.17) is 11.0 Å². The molecule has 2 atom stereocenters. The van der Waals surface area contributed by atoms with Crippen molar-refractivity contribution < 1.29 is 8.42 Å². The summed E-state index contributed by atoms with van der Waals surface area (Å²) in [6.45, 7) is 2.80. The fraction of sp³-hybridized carbons (Fsp3) is 0.462. The van der Waals surface area contributed by atoms with E-state index in [1.165, 1.54) is 4.31 Å². The number of benzene rings is 1. The molecule has 0 radical (unpaired) electrons. The van der Waals surface area contributed by atoms with Crippen LogP contribution in [0, 0.1) is 17.2 Å². The van der Waals surface area contributed by atoms with Crippen molar-refractivity contribution in [1.82, 2.24) is 4.31 Å². The van der Waals surface area contributed by atoms with Gasteiger partial charge in [-0.25, -0.2) is 8.42 Å². The monoisotopic (exact) mass is 279 g/mol. The topological polar surface area (TPSA) is 87.2 Å². The highest BCUT2D eigenvalue weighted by molar-refractivity contribution is 7.88. The first-order chi connectivity index (χ1) is 8.92. The maximum atomic E-state index is 12.3. The molecule has 5 nitrogen and oxygen atoms in total. The van der Waals surface area contributed by atoms with Crippen molar-refractivity contribution in [2.75, 3.05) is 13.1 Å². The van der Waals surface area contributed by atoms with Crippen LogP contribution in [0.2, 0.25) is 0 Å². The van der Waals surface area contributed by atoms with Gasteiger partial charge in [0, 0.05) is 19.1 Å². The first-order valence-corrected chi connectivity index (χ1v) is 7.76. The summed E-state index contributed by atoms with van der Waals surface area (Å²) in [4.78, 5) is 0. The lowest BCUT2D eigenvalue weighted by atomic mass is 10.1. The first-order valence-electron chi connectivity index (χ1n) is 6.15. The average molecular weight is 279 g/mol. The molecule has 6 heteroatoms. The molecule has 2 rings (SSSR count). The Balaban J connectivity index is 2.16. The van der Waals surface area contributed by atoms with E-state index in [1.54, 1.807) is 24.3 Å². The molecule has 1 heterocycles. The maximum absolute atomic E-state index is 12.3. The number of rotatable bonds is 3. The van der Waals surface area contributed by atoms with E-state index in [1.807, 2.05) is 13.0 Å². The highest BCUT2D eigenvalue weighted by Gasteiger charge is 2.34. The van der Waals surface area contributed by atoms with E-state index < -0.39 is 10.0 Å². The molecule has 102 valence electrons. The molecule has 1 aliphatic rings. The van der Waals surface area contributed by atoms with Crippen molar-refractivity contribution in [2.45, 2.75) is 18.7 Å². The zero-order valence-electron chi connectivity index (χ0n) is 10.8. The van der Waals surface area contributed by atoms with Crippen LogP contribution < -0.4 is 5.73 Å². The highest BCUT2D eigenvalue weighted by Crippen LogP contribution is 2.21. The third-order valence-electron chi connectivity index (χ3n) is 3.44. The lowest BCUT2D eigenvalue weighted by molar-refractivity contribution is 0.463. The third kappa shape index (κ3) is 3.13. The second kappa shape index (κ2) is 5.29. The van der Waals surface area contributed by atoms with Crippen molar-refractivity contribution in [3.63, 3.8) is 0 Å². The number of sulfonamides is 1. The fourth-order valence-electron chi connectivity index (χ4n) is 2.21. The van der Waals surface area contributed by atoms with Gasteiger partial charge in [0.2, 0.25) is 10.0 Å². The van der Waals surface area contributed by atoms with Crippen LogP contribution in [0.3, 0.4) is 0 Å². The summed E-state index contributed by atoms with van der Waals surface area (Å²) in [6, 6.07) is 8.59. The van der Waals surface area contributed by atoms with E-state index in [0.717, 1.165) is 0 Å². The molecule has 2 N–H and O–H groups in total. The lowest BCUT2D eigenvalue weighted by Gasteiger charge is -2.16. The van der Waals surface area contributed by atoms with Crippen LogP contribution in [0.25, 0.3) is 0 Å². The Morgan fingerprint density at radius 1 is 1.47 bits per heavy atom. The first kappa shape index (κ1) is 14.0. The van der Waals surface area contributed by atoms with Gasteiger partial charge in [0.05, 0.1) is 17.4 Å². The van der Waals surface area contributed by atoms with Crippen molar-refractivity contribution in [3.8, 4) is 6.07 Å². The molecule has 1 aliphatic heterocycles. The second-order valence-electron chi connectivity index (χ2n) is 5.03. The summed E-state index contributed by atoms with van der Waals surface area (Å²) in [7, 11) is -3.36. The summed E-state index contributed by atoms with van der Waals surface area (Å²) < 4.78 is 26.0. The standard InChI is InChI=1S/C13H17N3O2S/c1-10-7-16(8-13(10)15)19(17,18)9-12-4-2-3-11(5-12)6-14/h2-5,10,13H,7-9,15H2,1H3. The van der Waals surface area contributed by atoms with Gasteiger partial charge in [-0.3, -0.25) is 0 Å². The van der Waals surface area contributed by atoms with Gasteiger partial charge in [0.15, 0.2) is 0 Å². The molecule has 0 saturated carbocycles. The van der Waals surface area contributed by atoms with Gasteiger partial charge in [-0.2, -0.15) is 9.57 Å². The minimum absolute atomic E-state index is 0.0814. The molecule has 19 heavy (non-hydrogen) atoms. The Morgan fingerprint density at radius 2 is 2.21 bits per heavy atom. The molecule has 0 aliphatic carbocycles. The van der Waals surface area contributed by atoms with E-state index in [2.05, 4.69) is 0 Å². The normalized spacial score (nSPS) is 24.3. The molecule has 2 unspecified atom stereocenters. The minimum atomic E-state index is -3.36. The number of nitrogens with two attached hydrogens (primary N) is 1. The van der Waals surface area contributed by atoms with Crippen molar-refractivity contribution >= 4 is 10.0 Å². The van der Waals surface area contributed by atoms with Crippen LogP contribution in [0.4, 0.5) is 0 Å². The minimum Gasteiger partial charge on any atom is -0.326 e. The zero-order valence-corrected chi connectivity index (χ0v) is 11.6. The van der Waals surface area contributed by atoms with Crippen LogP contribution in [-0.2, 0) is 15.8 Å². The van der Waals surface area contributed by atoms with Crippen LogP contribution in [0.5, 0.6) is 0 Å². The Hall–Kier alpha value is -1.42. The molecule has 1 saturated heterocycles. The molecule has 0 amide bonds. The zero-order chi connectivity index (χ0) is 14.0. The van der Waals surface area contributed by atoms with Gasteiger partial charge in [-0.05, 0) is 23.6 Å². The molecular formula is C13H17N3O2S. The third-order valence-corrected chi connectivity index (χ3v) is 5.22. The number of nitrogens with zero attached hydrogens (tertiary/aromatic N) is 2. The van der Waals surface area contributed by atoms with Crippen LogP contribution in [-0.4, -0.2) is 31.9 Å². The summed E-state index contributed by atoms with van der Waals surface area (Å²) in [5, 5.41) is 8.81. The van der Waals surface area contributed by atoms with Gasteiger partial charge in [-0.1, -0.05) is 19.1 Å². The van der Waals surface area contributed by atoms with Gasteiger partial charge in [-0.15, -0.1) is 0 Å². The predicted octanol–water partition coefficient (Wildman–Crippen LogP) is 0.667. The number of hydrogen-bond acceptors (Lipinski definition) is 4. The van der Waals surface area contributed by atoms with Crippen molar-refractivity contribution in [2.24, 2.45) is 11.7 Å². The Morgan fingerprint density at radius 3 is 2.79 bits per heavy atom. The van der Waals surface area contributed by atoms with E-state index in [9.17, 15) is 8.42 Å². The largest absolute Gasteiger partial charge is 0.326 e. The molecule has 1 aromatic carbocycles. The van der Waals surface area contributed by atoms with E-state index in [-0.39, 0.29) is 17.7 Å². The summed E-state index contributed by atoms with van der Waals surface area (Å²) >= 11 is 0. The summed E-state index contributed by atoms with van der Waals surface area (Å²) in [5.41, 5.74) is 6.96. The summed E-state index contributed by atoms with van der Waals surface area (Å²) in [6.07, 6.45) is 0. The van der Waals surface area contributed by atoms with Crippen LogP contribution in [0.15, 0.2) is 24.3 Å². The molecule has 1 fully saturated rings. The Kier molecular flexibility index (Phi) is 3.90. The van der Waals surface area contributed by atoms with Gasteiger partial charge in [0.1, 0.15) is 0 Å².